The third kappa shape index (κ3) is 4.28. The molecule has 0 radical (unpaired) electrons. The van der Waals surface area contributed by atoms with E-state index in [1.54, 1.807) is 0 Å². The van der Waals surface area contributed by atoms with Crippen molar-refractivity contribution in [2.75, 3.05) is 11.9 Å². The van der Waals surface area contributed by atoms with Gasteiger partial charge < -0.3 is 10.4 Å². The third-order valence-corrected chi connectivity index (χ3v) is 4.17. The summed E-state index contributed by atoms with van der Waals surface area (Å²) in [4.78, 5) is 28.4. The Morgan fingerprint density at radius 1 is 1.55 bits per heavy atom. The fourth-order valence-corrected chi connectivity index (χ4v) is 3.24. The molecule has 1 aliphatic rings. The molecule has 1 aromatic heterocycles. The van der Waals surface area contributed by atoms with Crippen molar-refractivity contribution in [3.63, 3.8) is 0 Å². The quantitative estimate of drug-likeness (QED) is 0.867. The summed E-state index contributed by atoms with van der Waals surface area (Å²) in [6.45, 7) is 3.01. The molecule has 1 amide bonds. The maximum Gasteiger partial charge on any atom is 0.304 e. The van der Waals surface area contributed by atoms with E-state index < -0.39 is 5.97 Å². The lowest BCUT2D eigenvalue weighted by Gasteiger charge is -2.34. The number of carboxylic acid groups (broad SMARTS) is 1. The van der Waals surface area contributed by atoms with Crippen LogP contribution in [0.4, 0.5) is 5.13 Å². The topological polar surface area (TPSA) is 82.5 Å². The summed E-state index contributed by atoms with van der Waals surface area (Å²) in [5.74, 6) is -0.883. The molecule has 110 valence electrons. The number of aromatic nitrogens is 1. The lowest BCUT2D eigenvalue weighted by Crippen LogP contribution is -2.40. The zero-order valence-electron chi connectivity index (χ0n) is 11.5. The molecule has 2 heterocycles. The molecule has 6 nitrogen and oxygen atoms in total. The van der Waals surface area contributed by atoms with Crippen LogP contribution in [0.1, 0.15) is 38.3 Å². The predicted molar refractivity (Wildman–Crippen MR) is 76.7 cm³/mol. The number of thiazole rings is 1. The number of anilines is 1. The number of likely N-dealkylation sites (tertiary alicyclic amines) is 1. The summed E-state index contributed by atoms with van der Waals surface area (Å²) in [7, 11) is 0. The first-order chi connectivity index (χ1) is 9.54. The normalized spacial score (nSPS) is 19.8. The lowest BCUT2D eigenvalue weighted by molar-refractivity contribution is -0.138. The van der Waals surface area contributed by atoms with E-state index in [4.69, 9.17) is 5.11 Å². The van der Waals surface area contributed by atoms with Gasteiger partial charge in [0.2, 0.25) is 5.91 Å². The van der Waals surface area contributed by atoms with Crippen molar-refractivity contribution in [1.29, 1.82) is 0 Å². The molecule has 1 unspecified atom stereocenters. The molecule has 0 aromatic carbocycles. The van der Waals surface area contributed by atoms with Crippen LogP contribution in [-0.4, -0.2) is 39.5 Å². The number of hydrogen-bond donors (Lipinski definition) is 2. The minimum absolute atomic E-state index is 0.0900. The van der Waals surface area contributed by atoms with Gasteiger partial charge in [-0.1, -0.05) is 6.42 Å². The fraction of sp³-hybridized carbons (Fsp3) is 0.615. The number of carboxylic acids is 1. The number of amides is 1. The van der Waals surface area contributed by atoms with Gasteiger partial charge in [0.1, 0.15) is 0 Å². The molecule has 1 aromatic rings. The van der Waals surface area contributed by atoms with Crippen LogP contribution in [0.5, 0.6) is 0 Å². The van der Waals surface area contributed by atoms with Crippen molar-refractivity contribution in [1.82, 2.24) is 9.88 Å². The van der Waals surface area contributed by atoms with Crippen molar-refractivity contribution in [3.8, 4) is 0 Å². The SMILES string of the molecule is CC(=O)Nc1nc(CN2CCCCC2CC(=O)O)cs1. The van der Waals surface area contributed by atoms with Crippen molar-refractivity contribution in [2.24, 2.45) is 0 Å². The van der Waals surface area contributed by atoms with Crippen LogP contribution in [-0.2, 0) is 16.1 Å². The monoisotopic (exact) mass is 297 g/mol. The van der Waals surface area contributed by atoms with Gasteiger partial charge in [-0.05, 0) is 19.4 Å². The number of hydrogen-bond acceptors (Lipinski definition) is 5. The molecule has 1 saturated heterocycles. The second kappa shape index (κ2) is 6.81. The Bertz CT molecular complexity index is 489. The average Bonchev–Trinajstić information content (AvgIpc) is 2.77. The van der Waals surface area contributed by atoms with Gasteiger partial charge >= 0.3 is 5.97 Å². The van der Waals surface area contributed by atoms with Gasteiger partial charge in [0.15, 0.2) is 5.13 Å². The molecule has 2 N–H and O–H groups in total. The van der Waals surface area contributed by atoms with Crippen LogP contribution >= 0.6 is 11.3 Å². The molecule has 2 rings (SSSR count). The maximum atomic E-state index is 11.0. The molecule has 7 heteroatoms. The number of carbonyl (C=O) groups excluding carboxylic acids is 1. The van der Waals surface area contributed by atoms with Crippen LogP contribution in [0, 0.1) is 0 Å². The Balaban J connectivity index is 1.97. The molecule has 1 fully saturated rings. The third-order valence-electron chi connectivity index (χ3n) is 3.36. The summed E-state index contributed by atoms with van der Waals surface area (Å²) in [6.07, 6.45) is 3.29. The summed E-state index contributed by atoms with van der Waals surface area (Å²) in [5, 5.41) is 14.1. The van der Waals surface area contributed by atoms with Gasteiger partial charge in [-0.25, -0.2) is 4.98 Å². The number of carbonyl (C=O) groups is 2. The summed E-state index contributed by atoms with van der Waals surface area (Å²) in [5.41, 5.74) is 0.885. The Morgan fingerprint density at radius 3 is 3.05 bits per heavy atom. The zero-order chi connectivity index (χ0) is 14.5. The number of nitrogens with one attached hydrogen (secondary N) is 1. The number of aliphatic carboxylic acids is 1. The van der Waals surface area contributed by atoms with Gasteiger partial charge in [0.25, 0.3) is 0 Å². The van der Waals surface area contributed by atoms with Gasteiger partial charge in [-0.3, -0.25) is 14.5 Å². The highest BCUT2D eigenvalue weighted by Gasteiger charge is 2.25. The molecular weight excluding hydrogens is 278 g/mol. The molecule has 0 bridgehead atoms. The average molecular weight is 297 g/mol. The molecular formula is C13H19N3O3S. The number of rotatable bonds is 5. The molecule has 1 atom stereocenters. The van der Waals surface area contributed by atoms with Gasteiger partial charge in [-0.2, -0.15) is 0 Å². The van der Waals surface area contributed by atoms with Crippen LogP contribution in [0.2, 0.25) is 0 Å². The van der Waals surface area contributed by atoms with Gasteiger partial charge in [0.05, 0.1) is 12.1 Å². The van der Waals surface area contributed by atoms with Crippen molar-refractivity contribution < 1.29 is 14.7 Å². The minimum atomic E-state index is -0.751. The molecule has 1 aliphatic heterocycles. The van der Waals surface area contributed by atoms with Crippen LogP contribution in [0.25, 0.3) is 0 Å². The second-order valence-electron chi connectivity index (χ2n) is 5.04. The van der Waals surface area contributed by atoms with Crippen molar-refractivity contribution in [2.45, 2.75) is 45.2 Å². The van der Waals surface area contributed by atoms with Gasteiger partial charge in [0, 0.05) is 24.9 Å². The second-order valence-corrected chi connectivity index (χ2v) is 5.90. The summed E-state index contributed by atoms with van der Waals surface area (Å²) in [6, 6.07) is 0.0900. The highest BCUT2D eigenvalue weighted by Crippen LogP contribution is 2.23. The number of piperidine rings is 1. The van der Waals surface area contributed by atoms with E-state index in [9.17, 15) is 9.59 Å². The van der Waals surface area contributed by atoms with E-state index in [0.717, 1.165) is 31.5 Å². The van der Waals surface area contributed by atoms with E-state index in [1.165, 1.54) is 18.3 Å². The van der Waals surface area contributed by atoms with Crippen LogP contribution in [0.3, 0.4) is 0 Å². The van der Waals surface area contributed by atoms with E-state index in [2.05, 4.69) is 15.2 Å². The Hall–Kier alpha value is -1.47. The Labute approximate surface area is 121 Å². The first-order valence-corrected chi connectivity index (χ1v) is 7.60. The van der Waals surface area contributed by atoms with Crippen molar-refractivity contribution >= 4 is 28.3 Å². The minimum Gasteiger partial charge on any atom is -0.481 e. The van der Waals surface area contributed by atoms with E-state index in [1.807, 2.05) is 5.38 Å². The van der Waals surface area contributed by atoms with Crippen LogP contribution < -0.4 is 5.32 Å². The molecule has 20 heavy (non-hydrogen) atoms. The maximum absolute atomic E-state index is 11.0. The smallest absolute Gasteiger partial charge is 0.304 e. The Morgan fingerprint density at radius 2 is 2.35 bits per heavy atom. The summed E-state index contributed by atoms with van der Waals surface area (Å²) >= 11 is 1.40. The summed E-state index contributed by atoms with van der Waals surface area (Å²) < 4.78 is 0. The Kier molecular flexibility index (Phi) is 5.08. The molecule has 0 aliphatic carbocycles. The van der Waals surface area contributed by atoms with E-state index in [-0.39, 0.29) is 18.4 Å². The zero-order valence-corrected chi connectivity index (χ0v) is 12.3. The van der Waals surface area contributed by atoms with Gasteiger partial charge in [-0.15, -0.1) is 11.3 Å². The van der Waals surface area contributed by atoms with E-state index >= 15 is 0 Å². The lowest BCUT2D eigenvalue weighted by atomic mass is 9.99. The number of nitrogens with zero attached hydrogens (tertiary/aromatic N) is 2. The first kappa shape index (κ1) is 14.9. The first-order valence-electron chi connectivity index (χ1n) is 6.72. The largest absolute Gasteiger partial charge is 0.481 e. The molecule has 0 spiro atoms. The highest BCUT2D eigenvalue weighted by molar-refractivity contribution is 7.13. The molecule has 0 saturated carbocycles. The predicted octanol–water partition coefficient (Wildman–Crippen LogP) is 1.93. The van der Waals surface area contributed by atoms with Crippen molar-refractivity contribution in [3.05, 3.63) is 11.1 Å². The van der Waals surface area contributed by atoms with E-state index in [0.29, 0.717) is 11.7 Å². The standard InChI is InChI=1S/C13H19N3O3S/c1-9(17)14-13-15-10(8-20-13)7-16-5-3-2-4-11(16)6-12(18)19/h8,11H,2-7H2,1H3,(H,18,19)(H,14,15,17). The fourth-order valence-electron chi connectivity index (χ4n) is 2.50. The highest BCUT2D eigenvalue weighted by atomic mass is 32.1. The van der Waals surface area contributed by atoms with Crippen LogP contribution in [0.15, 0.2) is 5.38 Å².